The van der Waals surface area contributed by atoms with Crippen LogP contribution in [0.5, 0.6) is 0 Å². The van der Waals surface area contributed by atoms with Crippen LogP contribution in [0.1, 0.15) is 25.7 Å². The molecule has 166 valence electrons. The zero-order valence-corrected chi connectivity index (χ0v) is 18.9. The third kappa shape index (κ3) is 4.92. The number of aromatic nitrogens is 2. The van der Waals surface area contributed by atoms with Crippen molar-refractivity contribution >= 4 is 34.7 Å². The fourth-order valence-electron chi connectivity index (χ4n) is 4.53. The number of likely N-dealkylation sites (tertiary alicyclic amines) is 2. The molecule has 1 atom stereocenters. The Morgan fingerprint density at radius 1 is 1.03 bits per heavy atom. The standard InChI is InChI=1S/C24H28N6OS/c31-24(30-11-4-7-22(30)16-29-9-1-2-10-29)28-21-6-3-5-20(13-21)27-23-25-14-19(15-26-23)18-8-12-32-17-18/h3,5-6,8,12-15,17,22H,1-2,4,7,9-11,16H2,(H,28,31)(H,25,26,27). The van der Waals surface area contributed by atoms with E-state index >= 15 is 0 Å². The maximum absolute atomic E-state index is 13.0. The maximum Gasteiger partial charge on any atom is 0.322 e. The maximum atomic E-state index is 13.0. The van der Waals surface area contributed by atoms with E-state index in [9.17, 15) is 4.79 Å². The van der Waals surface area contributed by atoms with Crippen molar-refractivity contribution in [1.82, 2.24) is 19.8 Å². The average Bonchev–Trinajstić information content (AvgIpc) is 3.58. The number of rotatable bonds is 6. The second kappa shape index (κ2) is 9.67. The molecular weight excluding hydrogens is 420 g/mol. The van der Waals surface area contributed by atoms with E-state index in [0.29, 0.717) is 12.0 Å². The average molecular weight is 449 g/mol. The normalized spacial score (nSPS) is 18.8. The number of urea groups is 1. The van der Waals surface area contributed by atoms with Crippen molar-refractivity contribution in [2.45, 2.75) is 31.7 Å². The zero-order valence-electron chi connectivity index (χ0n) is 18.0. The van der Waals surface area contributed by atoms with Gasteiger partial charge in [0.2, 0.25) is 5.95 Å². The predicted molar refractivity (Wildman–Crippen MR) is 129 cm³/mol. The van der Waals surface area contributed by atoms with Crippen LogP contribution in [0, 0.1) is 0 Å². The highest BCUT2D eigenvalue weighted by atomic mass is 32.1. The fraction of sp³-hybridized carbons (Fsp3) is 0.375. The van der Waals surface area contributed by atoms with E-state index in [1.807, 2.05) is 46.9 Å². The largest absolute Gasteiger partial charge is 0.324 e. The van der Waals surface area contributed by atoms with Crippen molar-refractivity contribution < 1.29 is 4.79 Å². The van der Waals surface area contributed by atoms with E-state index in [1.54, 1.807) is 11.3 Å². The van der Waals surface area contributed by atoms with Crippen LogP contribution < -0.4 is 10.6 Å². The highest BCUT2D eigenvalue weighted by molar-refractivity contribution is 7.08. The molecule has 32 heavy (non-hydrogen) atoms. The summed E-state index contributed by atoms with van der Waals surface area (Å²) in [6.45, 7) is 4.15. The van der Waals surface area contributed by atoms with Gasteiger partial charge in [-0.3, -0.25) is 0 Å². The monoisotopic (exact) mass is 448 g/mol. The quantitative estimate of drug-likeness (QED) is 0.553. The number of thiophene rings is 1. The fourth-order valence-corrected chi connectivity index (χ4v) is 5.19. The van der Waals surface area contributed by atoms with Gasteiger partial charge in [0.1, 0.15) is 0 Å². The minimum absolute atomic E-state index is 0.0137. The van der Waals surface area contributed by atoms with Crippen LogP contribution in [0.4, 0.5) is 22.1 Å². The summed E-state index contributed by atoms with van der Waals surface area (Å²) in [7, 11) is 0. The Bertz CT molecular complexity index is 1030. The van der Waals surface area contributed by atoms with Gasteiger partial charge in [-0.25, -0.2) is 14.8 Å². The highest BCUT2D eigenvalue weighted by Gasteiger charge is 2.30. The Morgan fingerprint density at radius 2 is 1.84 bits per heavy atom. The topological polar surface area (TPSA) is 73.4 Å². The van der Waals surface area contributed by atoms with Crippen LogP contribution in [0.15, 0.2) is 53.5 Å². The lowest BCUT2D eigenvalue weighted by Crippen LogP contribution is -2.44. The molecule has 2 aromatic heterocycles. The molecule has 1 unspecified atom stereocenters. The van der Waals surface area contributed by atoms with Gasteiger partial charge in [-0.15, -0.1) is 0 Å². The van der Waals surface area contributed by atoms with Gasteiger partial charge in [-0.2, -0.15) is 11.3 Å². The number of anilines is 3. The summed E-state index contributed by atoms with van der Waals surface area (Å²) in [5.41, 5.74) is 3.71. The number of benzene rings is 1. The zero-order chi connectivity index (χ0) is 21.8. The third-order valence-corrected chi connectivity index (χ3v) is 6.87. The molecule has 0 bridgehead atoms. The first kappa shape index (κ1) is 20.9. The Morgan fingerprint density at radius 3 is 2.62 bits per heavy atom. The van der Waals surface area contributed by atoms with Gasteiger partial charge < -0.3 is 20.4 Å². The van der Waals surface area contributed by atoms with Crippen LogP contribution in [0.2, 0.25) is 0 Å². The van der Waals surface area contributed by atoms with E-state index < -0.39 is 0 Å². The van der Waals surface area contributed by atoms with Crippen molar-refractivity contribution in [1.29, 1.82) is 0 Å². The third-order valence-electron chi connectivity index (χ3n) is 6.18. The lowest BCUT2D eigenvalue weighted by atomic mass is 10.2. The number of nitrogens with one attached hydrogen (secondary N) is 2. The number of nitrogens with zero attached hydrogens (tertiary/aromatic N) is 4. The second-order valence-corrected chi connectivity index (χ2v) is 9.22. The summed E-state index contributed by atoms with van der Waals surface area (Å²) in [5.74, 6) is 0.526. The van der Waals surface area contributed by atoms with Crippen molar-refractivity contribution in [3.63, 3.8) is 0 Å². The first-order valence-electron chi connectivity index (χ1n) is 11.3. The Labute approximate surface area is 192 Å². The number of hydrogen-bond acceptors (Lipinski definition) is 6. The van der Waals surface area contributed by atoms with E-state index in [-0.39, 0.29) is 6.03 Å². The molecule has 1 aromatic carbocycles. The van der Waals surface area contributed by atoms with Gasteiger partial charge in [-0.05, 0) is 79.4 Å². The second-order valence-electron chi connectivity index (χ2n) is 8.44. The number of carbonyl (C=O) groups is 1. The summed E-state index contributed by atoms with van der Waals surface area (Å²) in [5, 5.41) is 10.4. The van der Waals surface area contributed by atoms with E-state index in [4.69, 9.17) is 0 Å². The summed E-state index contributed by atoms with van der Waals surface area (Å²) in [6, 6.07) is 10.0. The first-order valence-corrected chi connectivity index (χ1v) is 12.2. The van der Waals surface area contributed by atoms with Crippen molar-refractivity contribution in [3.8, 4) is 11.1 Å². The van der Waals surface area contributed by atoms with Gasteiger partial charge in [0, 0.05) is 48.5 Å². The van der Waals surface area contributed by atoms with Crippen molar-refractivity contribution in [3.05, 3.63) is 53.5 Å². The van der Waals surface area contributed by atoms with Gasteiger partial charge in [-0.1, -0.05) is 6.07 Å². The number of carbonyl (C=O) groups excluding carboxylic acids is 1. The SMILES string of the molecule is O=C(Nc1cccc(Nc2ncc(-c3ccsc3)cn2)c1)N1CCCC1CN1CCCC1. The molecule has 7 nitrogen and oxygen atoms in total. The molecule has 2 aliphatic rings. The van der Waals surface area contributed by atoms with Gasteiger partial charge in [0.25, 0.3) is 0 Å². The number of hydrogen-bond donors (Lipinski definition) is 2. The Hall–Kier alpha value is -2.97. The molecule has 4 heterocycles. The first-order chi connectivity index (χ1) is 15.7. The smallest absolute Gasteiger partial charge is 0.322 e. The molecule has 0 radical (unpaired) electrons. The predicted octanol–water partition coefficient (Wildman–Crippen LogP) is 5.04. The Balaban J connectivity index is 1.20. The molecule has 0 spiro atoms. The molecule has 3 aromatic rings. The summed E-state index contributed by atoms with van der Waals surface area (Å²) in [6.07, 6.45) is 8.35. The lowest BCUT2D eigenvalue weighted by Gasteiger charge is -2.28. The molecule has 8 heteroatoms. The summed E-state index contributed by atoms with van der Waals surface area (Å²) in [4.78, 5) is 26.3. The molecule has 2 saturated heterocycles. The molecule has 0 saturated carbocycles. The van der Waals surface area contributed by atoms with Gasteiger partial charge >= 0.3 is 6.03 Å². The molecular formula is C24H28N6OS. The van der Waals surface area contributed by atoms with Crippen molar-refractivity contribution in [2.24, 2.45) is 0 Å². The van der Waals surface area contributed by atoms with E-state index in [0.717, 1.165) is 61.5 Å². The molecule has 2 aliphatic heterocycles. The minimum Gasteiger partial charge on any atom is -0.324 e. The molecule has 0 aliphatic carbocycles. The summed E-state index contributed by atoms with van der Waals surface area (Å²) < 4.78 is 0. The molecule has 2 fully saturated rings. The highest BCUT2D eigenvalue weighted by Crippen LogP contribution is 2.24. The number of amides is 2. The van der Waals surface area contributed by atoms with E-state index in [1.165, 1.54) is 12.8 Å². The van der Waals surface area contributed by atoms with Crippen molar-refractivity contribution in [2.75, 3.05) is 36.8 Å². The van der Waals surface area contributed by atoms with Gasteiger partial charge in [0.15, 0.2) is 0 Å². The minimum atomic E-state index is -0.0137. The van der Waals surface area contributed by atoms with Crippen LogP contribution in [0.3, 0.4) is 0 Å². The molecule has 5 rings (SSSR count). The summed E-state index contributed by atoms with van der Waals surface area (Å²) >= 11 is 1.65. The van der Waals surface area contributed by atoms with Crippen LogP contribution in [-0.4, -0.2) is 58.0 Å². The molecule has 2 N–H and O–H groups in total. The van der Waals surface area contributed by atoms with Crippen LogP contribution in [0.25, 0.3) is 11.1 Å². The van der Waals surface area contributed by atoms with Gasteiger partial charge in [0.05, 0.1) is 0 Å². The van der Waals surface area contributed by atoms with Crippen LogP contribution in [-0.2, 0) is 0 Å². The lowest BCUT2D eigenvalue weighted by molar-refractivity contribution is 0.186. The Kier molecular flexibility index (Phi) is 6.31. The molecule has 2 amide bonds. The van der Waals surface area contributed by atoms with E-state index in [2.05, 4.69) is 36.9 Å². The van der Waals surface area contributed by atoms with Crippen LogP contribution >= 0.6 is 11.3 Å².